The Morgan fingerprint density at radius 2 is 2.05 bits per heavy atom. The van der Waals surface area contributed by atoms with E-state index in [1.54, 1.807) is 18.2 Å². The zero-order valence-electron chi connectivity index (χ0n) is 11.9. The van der Waals surface area contributed by atoms with Crippen molar-refractivity contribution in [2.75, 3.05) is 31.2 Å². The van der Waals surface area contributed by atoms with Crippen LogP contribution in [0.3, 0.4) is 0 Å². The van der Waals surface area contributed by atoms with Gasteiger partial charge in [0.05, 0.1) is 12.7 Å². The largest absolute Gasteiger partial charge is 0.465 e. The van der Waals surface area contributed by atoms with Crippen LogP contribution in [0.1, 0.15) is 30.1 Å². The van der Waals surface area contributed by atoms with E-state index in [0.717, 1.165) is 6.42 Å². The van der Waals surface area contributed by atoms with Gasteiger partial charge in [-0.05, 0) is 24.6 Å². The third-order valence-electron chi connectivity index (χ3n) is 2.69. The zero-order valence-corrected chi connectivity index (χ0v) is 11.9. The van der Waals surface area contributed by atoms with Crippen molar-refractivity contribution in [1.29, 1.82) is 0 Å². The number of nitrogens with two attached hydrogens (primary N) is 1. The van der Waals surface area contributed by atoms with Crippen LogP contribution in [0.15, 0.2) is 18.2 Å². The molecule has 6 heteroatoms. The lowest BCUT2D eigenvalue weighted by Crippen LogP contribution is -2.26. The zero-order chi connectivity index (χ0) is 15.0. The molecule has 0 bridgehead atoms. The summed E-state index contributed by atoms with van der Waals surface area (Å²) in [6.07, 6.45) is 1.24. The number of carbonyl (C=O) groups is 2. The van der Waals surface area contributed by atoms with E-state index in [2.05, 4.69) is 10.6 Å². The van der Waals surface area contributed by atoms with Crippen LogP contribution in [0.2, 0.25) is 0 Å². The maximum atomic E-state index is 11.6. The van der Waals surface area contributed by atoms with Crippen molar-refractivity contribution >= 4 is 23.3 Å². The predicted octanol–water partition coefficient (Wildman–Crippen LogP) is 1.38. The lowest BCUT2D eigenvalue weighted by molar-refractivity contribution is -0.120. The van der Waals surface area contributed by atoms with Gasteiger partial charge < -0.3 is 21.1 Å². The first-order valence-corrected chi connectivity index (χ1v) is 6.57. The van der Waals surface area contributed by atoms with Gasteiger partial charge in [0.1, 0.15) is 0 Å². The number of hydrogen-bond donors (Lipinski definition) is 3. The normalized spacial score (nSPS) is 9.90. The summed E-state index contributed by atoms with van der Waals surface area (Å²) in [5, 5.41) is 5.83. The van der Waals surface area contributed by atoms with Crippen molar-refractivity contribution in [3.8, 4) is 0 Å². The van der Waals surface area contributed by atoms with Gasteiger partial charge in [-0.3, -0.25) is 4.79 Å². The van der Waals surface area contributed by atoms with E-state index in [4.69, 9.17) is 10.5 Å². The Labute approximate surface area is 118 Å². The van der Waals surface area contributed by atoms with Crippen molar-refractivity contribution in [3.63, 3.8) is 0 Å². The molecule has 0 aliphatic rings. The monoisotopic (exact) mass is 279 g/mol. The number of nitrogen functional groups attached to an aromatic ring is 1. The molecule has 1 rings (SSSR count). The quantitative estimate of drug-likeness (QED) is 0.518. The average molecular weight is 279 g/mol. The van der Waals surface area contributed by atoms with Gasteiger partial charge in [0.15, 0.2) is 0 Å². The summed E-state index contributed by atoms with van der Waals surface area (Å²) >= 11 is 0. The summed E-state index contributed by atoms with van der Waals surface area (Å²) in [5.41, 5.74) is 7.10. The fourth-order valence-electron chi connectivity index (χ4n) is 1.66. The van der Waals surface area contributed by atoms with Gasteiger partial charge in [0.2, 0.25) is 5.91 Å². The Balaban J connectivity index is 2.59. The summed E-state index contributed by atoms with van der Waals surface area (Å²) in [5.74, 6) is -0.482. The molecule has 110 valence electrons. The number of carbonyl (C=O) groups excluding carboxylic acids is 2. The smallest absolute Gasteiger partial charge is 0.340 e. The minimum Gasteiger partial charge on any atom is -0.465 e. The lowest BCUT2D eigenvalue weighted by Gasteiger charge is -2.11. The molecule has 0 aromatic heterocycles. The number of amides is 1. The predicted molar refractivity (Wildman–Crippen MR) is 78.6 cm³/mol. The highest BCUT2D eigenvalue weighted by molar-refractivity contribution is 5.96. The van der Waals surface area contributed by atoms with Crippen LogP contribution in [0.4, 0.5) is 11.4 Å². The Kier molecular flexibility index (Phi) is 6.36. The molecular weight excluding hydrogens is 258 g/mol. The van der Waals surface area contributed by atoms with Gasteiger partial charge in [-0.1, -0.05) is 6.92 Å². The van der Waals surface area contributed by atoms with Crippen LogP contribution in [-0.4, -0.2) is 32.1 Å². The molecule has 0 saturated carbocycles. The number of anilines is 2. The second-order valence-corrected chi connectivity index (χ2v) is 4.32. The highest BCUT2D eigenvalue weighted by atomic mass is 16.5. The SMILES string of the molecule is CCCNC(=O)CCNc1ccc(N)cc1C(=O)OC. The topological polar surface area (TPSA) is 93.5 Å². The minimum atomic E-state index is -0.463. The first kappa shape index (κ1) is 15.8. The molecule has 20 heavy (non-hydrogen) atoms. The Bertz CT molecular complexity index is 475. The van der Waals surface area contributed by atoms with E-state index in [9.17, 15) is 9.59 Å². The van der Waals surface area contributed by atoms with Gasteiger partial charge in [-0.2, -0.15) is 0 Å². The molecule has 0 unspecified atom stereocenters. The highest BCUT2D eigenvalue weighted by Crippen LogP contribution is 2.19. The standard InChI is InChI=1S/C14H21N3O3/c1-3-7-17-13(18)6-8-16-12-5-4-10(15)9-11(12)14(19)20-2/h4-5,9,16H,3,6-8,15H2,1-2H3,(H,17,18). The number of esters is 1. The number of ether oxygens (including phenoxy) is 1. The van der Waals surface area contributed by atoms with E-state index in [1.807, 2.05) is 6.92 Å². The number of nitrogens with one attached hydrogen (secondary N) is 2. The lowest BCUT2D eigenvalue weighted by atomic mass is 10.1. The van der Waals surface area contributed by atoms with Crippen LogP contribution in [0, 0.1) is 0 Å². The second kappa shape index (κ2) is 8.04. The molecule has 0 aliphatic heterocycles. The molecule has 0 spiro atoms. The summed E-state index contributed by atoms with van der Waals surface area (Å²) in [6.45, 7) is 3.10. The third kappa shape index (κ3) is 4.79. The van der Waals surface area contributed by atoms with Gasteiger partial charge >= 0.3 is 5.97 Å². The van der Waals surface area contributed by atoms with Crippen LogP contribution in [-0.2, 0) is 9.53 Å². The van der Waals surface area contributed by atoms with E-state index in [-0.39, 0.29) is 5.91 Å². The molecule has 0 fully saturated rings. The van der Waals surface area contributed by atoms with Gasteiger partial charge in [0.25, 0.3) is 0 Å². The van der Waals surface area contributed by atoms with Crippen molar-refractivity contribution in [1.82, 2.24) is 5.32 Å². The van der Waals surface area contributed by atoms with Crippen molar-refractivity contribution in [3.05, 3.63) is 23.8 Å². The van der Waals surface area contributed by atoms with Crippen LogP contribution < -0.4 is 16.4 Å². The molecule has 0 aliphatic carbocycles. The molecule has 4 N–H and O–H groups in total. The van der Waals surface area contributed by atoms with Crippen LogP contribution in [0.5, 0.6) is 0 Å². The van der Waals surface area contributed by atoms with Crippen LogP contribution in [0.25, 0.3) is 0 Å². The van der Waals surface area contributed by atoms with E-state index >= 15 is 0 Å². The minimum absolute atomic E-state index is 0.0191. The average Bonchev–Trinajstić information content (AvgIpc) is 2.45. The Morgan fingerprint density at radius 3 is 2.70 bits per heavy atom. The molecular formula is C14H21N3O3. The van der Waals surface area contributed by atoms with E-state index in [0.29, 0.717) is 36.4 Å². The van der Waals surface area contributed by atoms with Gasteiger partial charge in [0, 0.05) is 30.9 Å². The molecule has 0 saturated heterocycles. The summed E-state index contributed by atoms with van der Waals surface area (Å²) in [4.78, 5) is 23.1. The number of benzene rings is 1. The van der Waals surface area contributed by atoms with Crippen LogP contribution >= 0.6 is 0 Å². The first-order valence-electron chi connectivity index (χ1n) is 6.57. The maximum Gasteiger partial charge on any atom is 0.340 e. The third-order valence-corrected chi connectivity index (χ3v) is 2.69. The number of hydrogen-bond acceptors (Lipinski definition) is 5. The fraction of sp³-hybridized carbons (Fsp3) is 0.429. The fourth-order valence-corrected chi connectivity index (χ4v) is 1.66. The molecule has 0 heterocycles. The van der Waals surface area contributed by atoms with Crippen molar-refractivity contribution in [2.24, 2.45) is 0 Å². The van der Waals surface area contributed by atoms with Gasteiger partial charge in [-0.15, -0.1) is 0 Å². The first-order chi connectivity index (χ1) is 9.58. The van der Waals surface area contributed by atoms with E-state index < -0.39 is 5.97 Å². The highest BCUT2D eigenvalue weighted by Gasteiger charge is 2.12. The van der Waals surface area contributed by atoms with Crippen molar-refractivity contribution in [2.45, 2.75) is 19.8 Å². The summed E-state index contributed by atoms with van der Waals surface area (Å²) in [7, 11) is 1.31. The molecule has 1 aromatic rings. The summed E-state index contributed by atoms with van der Waals surface area (Å²) in [6, 6.07) is 4.93. The maximum absolute atomic E-state index is 11.6. The molecule has 1 amide bonds. The summed E-state index contributed by atoms with van der Waals surface area (Å²) < 4.78 is 4.70. The Hall–Kier alpha value is -2.24. The molecule has 1 aromatic carbocycles. The number of methoxy groups -OCH3 is 1. The molecule has 0 atom stereocenters. The van der Waals surface area contributed by atoms with Gasteiger partial charge in [-0.25, -0.2) is 4.79 Å². The molecule has 0 radical (unpaired) electrons. The second-order valence-electron chi connectivity index (χ2n) is 4.32. The van der Waals surface area contributed by atoms with E-state index in [1.165, 1.54) is 7.11 Å². The molecule has 6 nitrogen and oxygen atoms in total. The Morgan fingerprint density at radius 1 is 1.30 bits per heavy atom. The number of rotatable bonds is 7. The van der Waals surface area contributed by atoms with Crippen molar-refractivity contribution < 1.29 is 14.3 Å².